The van der Waals surface area contributed by atoms with E-state index in [1.165, 1.54) is 0 Å². The molecule has 1 aromatic carbocycles. The highest BCUT2D eigenvalue weighted by molar-refractivity contribution is 5.81. The van der Waals surface area contributed by atoms with Crippen molar-refractivity contribution in [1.29, 1.82) is 0 Å². The highest BCUT2D eigenvalue weighted by Gasteiger charge is 2.38. The van der Waals surface area contributed by atoms with Gasteiger partial charge in [-0.1, -0.05) is 0 Å². The van der Waals surface area contributed by atoms with E-state index in [0.29, 0.717) is 5.69 Å². The fourth-order valence-electron chi connectivity index (χ4n) is 2.42. The first-order valence-electron chi connectivity index (χ1n) is 6.82. The van der Waals surface area contributed by atoms with E-state index in [9.17, 15) is 18.0 Å². The molecule has 4 nitrogen and oxygen atoms in total. The molecule has 1 amide bonds. The van der Waals surface area contributed by atoms with E-state index in [0.717, 1.165) is 31.6 Å². The van der Waals surface area contributed by atoms with Crippen LogP contribution in [0.1, 0.15) is 12.8 Å². The van der Waals surface area contributed by atoms with Crippen LogP contribution < -0.4 is 16.0 Å². The first kappa shape index (κ1) is 15.5. The number of rotatable bonds is 3. The third-order valence-corrected chi connectivity index (χ3v) is 3.68. The normalized spacial score (nSPS) is 16.8. The van der Waals surface area contributed by atoms with Crippen LogP contribution in [0, 0.1) is 5.92 Å². The van der Waals surface area contributed by atoms with Gasteiger partial charge >= 0.3 is 12.1 Å². The highest BCUT2D eigenvalue weighted by Crippen LogP contribution is 2.24. The molecule has 0 unspecified atom stereocenters. The second-order valence-electron chi connectivity index (χ2n) is 5.23. The van der Waals surface area contributed by atoms with Gasteiger partial charge in [-0.05, 0) is 43.0 Å². The lowest BCUT2D eigenvalue weighted by molar-refractivity contribution is -0.173. The summed E-state index contributed by atoms with van der Waals surface area (Å²) in [4.78, 5) is 12.9. The summed E-state index contributed by atoms with van der Waals surface area (Å²) in [6.07, 6.45) is -3.30. The van der Waals surface area contributed by atoms with Gasteiger partial charge in [0, 0.05) is 31.0 Å². The van der Waals surface area contributed by atoms with Crippen LogP contribution in [0.2, 0.25) is 0 Å². The predicted octanol–water partition coefficient (Wildman–Crippen LogP) is 2.16. The van der Waals surface area contributed by atoms with Crippen molar-refractivity contribution in [3.63, 3.8) is 0 Å². The topological polar surface area (TPSA) is 58.4 Å². The minimum Gasteiger partial charge on any atom is -0.399 e. The van der Waals surface area contributed by atoms with Crippen molar-refractivity contribution < 1.29 is 18.0 Å². The zero-order valence-electron chi connectivity index (χ0n) is 11.5. The number of carbonyl (C=O) groups excluding carboxylic acids is 1. The molecule has 1 aromatic rings. The molecule has 2 rings (SSSR count). The Bertz CT molecular complexity index is 479. The summed E-state index contributed by atoms with van der Waals surface area (Å²) in [6, 6.07) is 7.51. The van der Waals surface area contributed by atoms with Crippen LogP contribution in [0.3, 0.4) is 0 Å². The summed E-state index contributed by atoms with van der Waals surface area (Å²) in [6.45, 7) is 1.60. The first-order chi connectivity index (χ1) is 9.86. The molecule has 7 heteroatoms. The van der Waals surface area contributed by atoms with Gasteiger partial charge in [0.05, 0.1) is 0 Å². The molecular formula is C14H18F3N3O. The molecule has 0 saturated carbocycles. The van der Waals surface area contributed by atoms with Crippen LogP contribution in [0.4, 0.5) is 24.5 Å². The number of carbonyl (C=O) groups is 1. The van der Waals surface area contributed by atoms with E-state index in [1.54, 1.807) is 0 Å². The van der Waals surface area contributed by atoms with E-state index in [1.807, 2.05) is 29.6 Å². The summed E-state index contributed by atoms with van der Waals surface area (Å²) >= 11 is 0. The number of hydrogen-bond donors (Lipinski definition) is 2. The lowest BCUT2D eigenvalue weighted by atomic mass is 9.96. The lowest BCUT2D eigenvalue weighted by Gasteiger charge is -2.33. The maximum absolute atomic E-state index is 12.1. The highest BCUT2D eigenvalue weighted by atomic mass is 19.4. The minimum atomic E-state index is -4.80. The predicted molar refractivity (Wildman–Crippen MR) is 74.9 cm³/mol. The van der Waals surface area contributed by atoms with Crippen molar-refractivity contribution in [2.24, 2.45) is 5.92 Å². The number of nitrogens with two attached hydrogens (primary N) is 1. The van der Waals surface area contributed by atoms with Gasteiger partial charge in [-0.15, -0.1) is 0 Å². The third kappa shape index (κ3) is 4.27. The molecule has 0 bridgehead atoms. The molecule has 21 heavy (non-hydrogen) atoms. The minimum absolute atomic E-state index is 0.0773. The van der Waals surface area contributed by atoms with E-state index in [4.69, 9.17) is 5.73 Å². The summed E-state index contributed by atoms with van der Waals surface area (Å²) in [5.74, 6) is -1.77. The Morgan fingerprint density at radius 2 is 1.81 bits per heavy atom. The molecule has 0 radical (unpaired) electrons. The summed E-state index contributed by atoms with van der Waals surface area (Å²) in [5.41, 5.74) is 7.39. The number of anilines is 2. The molecule has 1 fully saturated rings. The van der Waals surface area contributed by atoms with Gasteiger partial charge in [0.15, 0.2) is 0 Å². The summed E-state index contributed by atoms with van der Waals surface area (Å²) in [5, 5.41) is 1.96. The Labute approximate surface area is 121 Å². The summed E-state index contributed by atoms with van der Waals surface area (Å²) < 4.78 is 36.3. The SMILES string of the molecule is Nc1ccc(N2CCC(CNC(=O)C(F)(F)F)CC2)cc1. The van der Waals surface area contributed by atoms with Crippen molar-refractivity contribution in [1.82, 2.24) is 5.32 Å². The molecule has 1 heterocycles. The Kier molecular flexibility index (Phi) is 4.59. The maximum Gasteiger partial charge on any atom is 0.471 e. The van der Waals surface area contributed by atoms with Gasteiger partial charge in [0.2, 0.25) is 0 Å². The van der Waals surface area contributed by atoms with Gasteiger partial charge in [0.1, 0.15) is 0 Å². The zero-order valence-corrected chi connectivity index (χ0v) is 11.5. The van der Waals surface area contributed by atoms with Crippen LogP contribution in [0.15, 0.2) is 24.3 Å². The molecule has 0 aromatic heterocycles. The van der Waals surface area contributed by atoms with E-state index < -0.39 is 12.1 Å². The second kappa shape index (κ2) is 6.24. The average molecular weight is 301 g/mol. The van der Waals surface area contributed by atoms with Gasteiger partial charge in [0.25, 0.3) is 0 Å². The van der Waals surface area contributed by atoms with Gasteiger partial charge in [-0.3, -0.25) is 4.79 Å². The number of amides is 1. The number of nitrogens with zero attached hydrogens (tertiary/aromatic N) is 1. The molecule has 0 spiro atoms. The fraction of sp³-hybridized carbons (Fsp3) is 0.500. The van der Waals surface area contributed by atoms with Crippen molar-refractivity contribution in [2.45, 2.75) is 19.0 Å². The summed E-state index contributed by atoms with van der Waals surface area (Å²) in [7, 11) is 0. The quantitative estimate of drug-likeness (QED) is 0.841. The molecule has 3 N–H and O–H groups in total. The van der Waals surface area contributed by atoms with Crippen LogP contribution in [-0.4, -0.2) is 31.7 Å². The van der Waals surface area contributed by atoms with Gasteiger partial charge in [-0.2, -0.15) is 13.2 Å². The molecular weight excluding hydrogens is 283 g/mol. The Balaban J connectivity index is 1.78. The monoisotopic (exact) mass is 301 g/mol. The molecule has 0 aliphatic carbocycles. The van der Waals surface area contributed by atoms with Crippen LogP contribution in [0.25, 0.3) is 0 Å². The van der Waals surface area contributed by atoms with Crippen LogP contribution in [-0.2, 0) is 4.79 Å². The van der Waals surface area contributed by atoms with Crippen molar-refractivity contribution in [3.05, 3.63) is 24.3 Å². The number of benzene rings is 1. The zero-order chi connectivity index (χ0) is 15.5. The van der Waals surface area contributed by atoms with E-state index in [2.05, 4.69) is 4.90 Å². The van der Waals surface area contributed by atoms with E-state index in [-0.39, 0.29) is 12.5 Å². The van der Waals surface area contributed by atoms with Crippen LogP contribution in [0.5, 0.6) is 0 Å². The average Bonchev–Trinajstić information content (AvgIpc) is 2.45. The number of nitrogen functional groups attached to an aromatic ring is 1. The molecule has 1 aliphatic heterocycles. The number of alkyl halides is 3. The molecule has 1 saturated heterocycles. The molecule has 116 valence electrons. The largest absolute Gasteiger partial charge is 0.471 e. The van der Waals surface area contributed by atoms with Gasteiger partial charge < -0.3 is 16.0 Å². The third-order valence-electron chi connectivity index (χ3n) is 3.68. The standard InChI is InChI=1S/C14H18F3N3O/c15-14(16,17)13(21)19-9-10-5-7-20(8-6-10)12-3-1-11(18)2-4-12/h1-4,10H,5-9,18H2,(H,19,21). The Hall–Kier alpha value is -1.92. The lowest BCUT2D eigenvalue weighted by Crippen LogP contribution is -2.42. The van der Waals surface area contributed by atoms with Crippen LogP contribution >= 0.6 is 0 Å². The number of nitrogens with one attached hydrogen (secondary N) is 1. The van der Waals surface area contributed by atoms with Crippen molar-refractivity contribution >= 4 is 17.3 Å². The number of hydrogen-bond acceptors (Lipinski definition) is 3. The van der Waals surface area contributed by atoms with Crippen molar-refractivity contribution in [3.8, 4) is 0 Å². The van der Waals surface area contributed by atoms with Crippen molar-refractivity contribution in [2.75, 3.05) is 30.3 Å². The van der Waals surface area contributed by atoms with E-state index >= 15 is 0 Å². The Morgan fingerprint density at radius 3 is 2.33 bits per heavy atom. The first-order valence-corrected chi connectivity index (χ1v) is 6.82. The van der Waals surface area contributed by atoms with Gasteiger partial charge in [-0.25, -0.2) is 0 Å². The number of halogens is 3. The second-order valence-corrected chi connectivity index (χ2v) is 5.23. The Morgan fingerprint density at radius 1 is 1.24 bits per heavy atom. The number of piperidine rings is 1. The maximum atomic E-state index is 12.1. The molecule has 1 aliphatic rings. The fourth-order valence-corrected chi connectivity index (χ4v) is 2.42. The molecule has 0 atom stereocenters. The smallest absolute Gasteiger partial charge is 0.399 e.